The van der Waals surface area contributed by atoms with E-state index >= 15 is 0 Å². The SMILES string of the molecule is CC.CC1(C)CCCCC1C1CCCCC1.c1ccc2c(c1)[nH]c1ccccc12. The molecule has 0 spiro atoms. The zero-order valence-corrected chi connectivity index (χ0v) is 19.1. The van der Waals surface area contributed by atoms with Crippen molar-refractivity contribution in [2.75, 3.05) is 0 Å². The smallest absolute Gasteiger partial charge is 0.0464 e. The zero-order valence-electron chi connectivity index (χ0n) is 19.1. The number of aromatic amines is 1. The summed E-state index contributed by atoms with van der Waals surface area (Å²) in [6.07, 6.45) is 13.6. The van der Waals surface area contributed by atoms with Crippen LogP contribution in [0.4, 0.5) is 0 Å². The van der Waals surface area contributed by atoms with Crippen molar-refractivity contribution in [1.29, 1.82) is 0 Å². The molecule has 0 bridgehead atoms. The summed E-state index contributed by atoms with van der Waals surface area (Å²) in [7, 11) is 0. The second kappa shape index (κ2) is 10.3. The molecule has 1 N–H and O–H groups in total. The van der Waals surface area contributed by atoms with Gasteiger partial charge in [-0.2, -0.15) is 0 Å². The van der Waals surface area contributed by atoms with Gasteiger partial charge in [0, 0.05) is 21.8 Å². The monoisotopic (exact) mass is 391 g/mol. The van der Waals surface area contributed by atoms with E-state index in [2.05, 4.69) is 67.4 Å². The molecule has 1 atom stereocenters. The molecule has 1 heterocycles. The second-order valence-electron chi connectivity index (χ2n) is 9.46. The average molecular weight is 392 g/mol. The first-order valence-corrected chi connectivity index (χ1v) is 12.1. The van der Waals surface area contributed by atoms with E-state index < -0.39 is 0 Å². The first-order valence-electron chi connectivity index (χ1n) is 12.1. The van der Waals surface area contributed by atoms with Gasteiger partial charge in [-0.1, -0.05) is 109 Å². The van der Waals surface area contributed by atoms with Gasteiger partial charge in [0.25, 0.3) is 0 Å². The zero-order chi connectivity index (χ0) is 20.7. The Bertz CT molecular complexity index is 816. The summed E-state index contributed by atoms with van der Waals surface area (Å²) < 4.78 is 0. The predicted octanol–water partition coefficient (Wildman–Crippen LogP) is 9.13. The first-order chi connectivity index (χ1) is 14.1. The Balaban J connectivity index is 0.000000153. The Hall–Kier alpha value is -1.76. The number of benzene rings is 2. The number of hydrogen-bond donors (Lipinski definition) is 1. The van der Waals surface area contributed by atoms with E-state index in [1.54, 1.807) is 0 Å². The van der Waals surface area contributed by atoms with Crippen molar-refractivity contribution in [2.45, 2.75) is 85.5 Å². The lowest BCUT2D eigenvalue weighted by Gasteiger charge is -2.44. The van der Waals surface area contributed by atoms with Crippen LogP contribution in [0.15, 0.2) is 48.5 Å². The van der Waals surface area contributed by atoms with Crippen LogP contribution < -0.4 is 0 Å². The minimum atomic E-state index is 0.653. The summed E-state index contributed by atoms with van der Waals surface area (Å²) in [5.41, 5.74) is 3.08. The van der Waals surface area contributed by atoms with Crippen molar-refractivity contribution in [1.82, 2.24) is 4.98 Å². The highest BCUT2D eigenvalue weighted by Gasteiger charge is 2.37. The highest BCUT2D eigenvalue weighted by Crippen LogP contribution is 2.48. The van der Waals surface area contributed by atoms with Crippen molar-refractivity contribution < 1.29 is 0 Å². The lowest BCUT2D eigenvalue weighted by atomic mass is 9.61. The maximum absolute atomic E-state index is 3.38. The minimum absolute atomic E-state index is 0.653. The van der Waals surface area contributed by atoms with Crippen LogP contribution in [0, 0.1) is 17.3 Å². The van der Waals surface area contributed by atoms with Crippen molar-refractivity contribution in [3.8, 4) is 0 Å². The molecule has 2 fully saturated rings. The molecule has 2 aromatic carbocycles. The number of H-pyrrole nitrogens is 1. The lowest BCUT2D eigenvalue weighted by molar-refractivity contribution is 0.0619. The molecule has 29 heavy (non-hydrogen) atoms. The fourth-order valence-electron chi connectivity index (χ4n) is 5.73. The Morgan fingerprint density at radius 1 is 0.690 bits per heavy atom. The van der Waals surface area contributed by atoms with Gasteiger partial charge in [0.1, 0.15) is 0 Å². The third-order valence-corrected chi connectivity index (χ3v) is 7.22. The maximum atomic E-state index is 3.38. The number of aromatic nitrogens is 1. The van der Waals surface area contributed by atoms with Gasteiger partial charge in [-0.15, -0.1) is 0 Å². The Morgan fingerprint density at radius 3 is 1.76 bits per heavy atom. The van der Waals surface area contributed by atoms with Gasteiger partial charge in [0.2, 0.25) is 0 Å². The molecule has 1 aromatic heterocycles. The molecule has 1 heteroatoms. The Labute approximate surface area is 178 Å². The molecule has 0 radical (unpaired) electrons. The summed E-state index contributed by atoms with van der Waals surface area (Å²) >= 11 is 0. The number of hydrogen-bond acceptors (Lipinski definition) is 0. The van der Waals surface area contributed by atoms with Gasteiger partial charge in [0.05, 0.1) is 0 Å². The Kier molecular flexibility index (Phi) is 7.81. The fraction of sp³-hybridized carbons (Fsp3) is 0.571. The van der Waals surface area contributed by atoms with Crippen molar-refractivity contribution in [2.24, 2.45) is 17.3 Å². The molecule has 2 aliphatic carbocycles. The van der Waals surface area contributed by atoms with Crippen LogP contribution in [-0.4, -0.2) is 4.98 Å². The van der Waals surface area contributed by atoms with Gasteiger partial charge in [0.15, 0.2) is 0 Å². The van der Waals surface area contributed by atoms with Crippen LogP contribution >= 0.6 is 0 Å². The largest absolute Gasteiger partial charge is 0.355 e. The van der Waals surface area contributed by atoms with Crippen molar-refractivity contribution in [3.63, 3.8) is 0 Å². The predicted molar refractivity (Wildman–Crippen MR) is 129 cm³/mol. The molecule has 5 rings (SSSR count). The Morgan fingerprint density at radius 2 is 1.21 bits per heavy atom. The molecule has 2 saturated carbocycles. The summed E-state index contributed by atoms with van der Waals surface area (Å²) in [6.45, 7) is 9.04. The van der Waals surface area contributed by atoms with E-state index in [4.69, 9.17) is 0 Å². The third-order valence-electron chi connectivity index (χ3n) is 7.22. The standard InChI is InChI=1S/C14H26.C12H9N.C2H6/c1-14(2)11-7-6-10-13(14)12-8-4-3-5-9-12;1-3-7-11-9(5-1)10-6-2-4-8-12(10)13-11;1-2/h12-13H,3-11H2,1-2H3;1-8,13H;1-2H3. The molecule has 0 amide bonds. The minimum Gasteiger partial charge on any atom is -0.355 e. The van der Waals surface area contributed by atoms with Gasteiger partial charge in [-0.25, -0.2) is 0 Å². The number of rotatable bonds is 1. The highest BCUT2D eigenvalue weighted by atomic mass is 14.7. The molecule has 1 unspecified atom stereocenters. The molecule has 0 saturated heterocycles. The maximum Gasteiger partial charge on any atom is 0.0464 e. The molecular weight excluding hydrogens is 350 g/mol. The third kappa shape index (κ3) is 5.24. The molecule has 0 aliphatic heterocycles. The van der Waals surface area contributed by atoms with Crippen LogP contribution in [0.2, 0.25) is 0 Å². The molecule has 1 nitrogen and oxygen atoms in total. The van der Waals surface area contributed by atoms with Gasteiger partial charge < -0.3 is 4.98 Å². The van der Waals surface area contributed by atoms with Gasteiger partial charge in [-0.3, -0.25) is 0 Å². The van der Waals surface area contributed by atoms with Crippen LogP contribution in [0.1, 0.15) is 85.5 Å². The number of fused-ring (bicyclic) bond motifs is 3. The second-order valence-corrected chi connectivity index (χ2v) is 9.46. The summed E-state index contributed by atoms with van der Waals surface area (Å²) in [4.78, 5) is 3.38. The highest BCUT2D eigenvalue weighted by molar-refractivity contribution is 6.06. The lowest BCUT2D eigenvalue weighted by Crippen LogP contribution is -2.34. The quantitative estimate of drug-likeness (QED) is 0.425. The van der Waals surface area contributed by atoms with Gasteiger partial charge in [-0.05, 0) is 42.2 Å². The normalized spacial score (nSPS) is 21.7. The van der Waals surface area contributed by atoms with E-state index in [9.17, 15) is 0 Å². The molecule has 2 aliphatic rings. The number of nitrogens with one attached hydrogen (secondary N) is 1. The summed E-state index contributed by atoms with van der Waals surface area (Å²) in [5.74, 6) is 2.13. The summed E-state index contributed by atoms with van der Waals surface area (Å²) in [6, 6.07) is 16.8. The van der Waals surface area contributed by atoms with Crippen molar-refractivity contribution in [3.05, 3.63) is 48.5 Å². The van der Waals surface area contributed by atoms with E-state index in [1.165, 1.54) is 79.6 Å². The number of para-hydroxylation sites is 2. The van der Waals surface area contributed by atoms with Crippen molar-refractivity contribution >= 4 is 21.8 Å². The van der Waals surface area contributed by atoms with E-state index in [-0.39, 0.29) is 0 Å². The summed E-state index contributed by atoms with van der Waals surface area (Å²) in [5, 5.41) is 2.61. The first kappa shape index (κ1) is 21.9. The van der Waals surface area contributed by atoms with Crippen LogP contribution in [0.5, 0.6) is 0 Å². The van der Waals surface area contributed by atoms with Crippen LogP contribution in [0.3, 0.4) is 0 Å². The van der Waals surface area contributed by atoms with E-state index in [0.29, 0.717) is 5.41 Å². The fourth-order valence-corrected chi connectivity index (χ4v) is 5.73. The van der Waals surface area contributed by atoms with Crippen LogP contribution in [0.25, 0.3) is 21.8 Å². The molecule has 3 aromatic rings. The average Bonchev–Trinajstić information content (AvgIpc) is 3.15. The molecular formula is C28H41N. The topological polar surface area (TPSA) is 15.8 Å². The van der Waals surface area contributed by atoms with Crippen LogP contribution in [-0.2, 0) is 0 Å². The molecule has 158 valence electrons. The van der Waals surface area contributed by atoms with Gasteiger partial charge >= 0.3 is 0 Å². The van der Waals surface area contributed by atoms with E-state index in [0.717, 1.165) is 11.8 Å². The van der Waals surface area contributed by atoms with E-state index in [1.807, 2.05) is 13.8 Å².